The molecule has 0 saturated carbocycles. The van der Waals surface area contributed by atoms with Crippen LogP contribution < -0.4 is 0 Å². The van der Waals surface area contributed by atoms with E-state index in [0.29, 0.717) is 26.8 Å². The minimum Gasteiger partial charge on any atom is -0.293 e. The number of fused-ring (bicyclic) bond motifs is 1. The lowest BCUT2D eigenvalue weighted by molar-refractivity contribution is -0.121. The maximum atomic E-state index is 12.1. The van der Waals surface area contributed by atoms with Gasteiger partial charge < -0.3 is 0 Å². The number of nitrogens with zero attached hydrogens (tertiary/aromatic N) is 3. The van der Waals surface area contributed by atoms with Crippen LogP contribution in [0.2, 0.25) is 0 Å². The fourth-order valence-corrected chi connectivity index (χ4v) is 3.20. The number of thioether (sulfide) groups is 1. The highest BCUT2D eigenvalue weighted by atomic mass is 32.2. The summed E-state index contributed by atoms with van der Waals surface area (Å²) in [5.74, 6) is -0.0455. The van der Waals surface area contributed by atoms with Crippen LogP contribution in [0.4, 0.5) is 0 Å². The zero-order chi connectivity index (χ0) is 13.4. The standard InChI is InChI=1S/C12H9N3O2S2/c1-2-15-11(16)10(19-12(15)18)6-7-3-4-8-9(5-7)14-17-13-8/h3-6H,2H2,1H3/b10-6-. The second-order valence-electron chi connectivity index (χ2n) is 3.94. The van der Waals surface area contributed by atoms with E-state index in [-0.39, 0.29) is 5.91 Å². The number of likely N-dealkylation sites (N-methyl/N-ethyl adjacent to an activating group) is 1. The Balaban J connectivity index is 1.97. The van der Waals surface area contributed by atoms with Crippen molar-refractivity contribution in [3.63, 3.8) is 0 Å². The monoisotopic (exact) mass is 291 g/mol. The van der Waals surface area contributed by atoms with Crippen LogP contribution in [-0.4, -0.2) is 32.0 Å². The van der Waals surface area contributed by atoms with Gasteiger partial charge in [0.1, 0.15) is 15.4 Å². The number of carbonyl (C=O) groups excluding carboxylic acids is 1. The molecule has 5 nitrogen and oxygen atoms in total. The van der Waals surface area contributed by atoms with E-state index in [9.17, 15) is 4.79 Å². The van der Waals surface area contributed by atoms with Crippen molar-refractivity contribution < 1.29 is 9.42 Å². The summed E-state index contributed by atoms with van der Waals surface area (Å²) < 4.78 is 5.24. The van der Waals surface area contributed by atoms with Gasteiger partial charge in [-0.15, -0.1) is 0 Å². The minimum atomic E-state index is -0.0455. The predicted octanol–water partition coefficient (Wildman–Crippen LogP) is 2.44. The van der Waals surface area contributed by atoms with Gasteiger partial charge in [0.25, 0.3) is 5.91 Å². The first-order valence-electron chi connectivity index (χ1n) is 5.66. The third kappa shape index (κ3) is 2.15. The fraction of sp³-hybridized carbons (Fsp3) is 0.167. The van der Waals surface area contributed by atoms with Gasteiger partial charge in [0.2, 0.25) is 0 Å². The number of hydrogen-bond acceptors (Lipinski definition) is 6. The molecule has 1 aromatic heterocycles. The number of carbonyl (C=O) groups is 1. The van der Waals surface area contributed by atoms with Crippen molar-refractivity contribution in [1.82, 2.24) is 15.2 Å². The van der Waals surface area contributed by atoms with Gasteiger partial charge in [-0.25, -0.2) is 4.63 Å². The lowest BCUT2D eigenvalue weighted by atomic mass is 10.2. The van der Waals surface area contributed by atoms with Crippen LogP contribution >= 0.6 is 24.0 Å². The van der Waals surface area contributed by atoms with Gasteiger partial charge in [0.15, 0.2) is 0 Å². The Hall–Kier alpha value is -1.73. The topological polar surface area (TPSA) is 59.2 Å². The van der Waals surface area contributed by atoms with Crippen molar-refractivity contribution >= 4 is 51.3 Å². The molecule has 0 atom stereocenters. The van der Waals surface area contributed by atoms with E-state index in [0.717, 1.165) is 5.56 Å². The highest BCUT2D eigenvalue weighted by Crippen LogP contribution is 2.32. The van der Waals surface area contributed by atoms with Gasteiger partial charge in [-0.2, -0.15) is 0 Å². The molecule has 19 heavy (non-hydrogen) atoms. The summed E-state index contributed by atoms with van der Waals surface area (Å²) in [5, 5.41) is 7.51. The van der Waals surface area contributed by atoms with Gasteiger partial charge in [-0.1, -0.05) is 30.0 Å². The maximum absolute atomic E-state index is 12.1. The highest BCUT2D eigenvalue weighted by molar-refractivity contribution is 8.26. The van der Waals surface area contributed by atoms with Crippen LogP contribution in [0.5, 0.6) is 0 Å². The number of hydrogen-bond donors (Lipinski definition) is 0. The molecule has 0 aliphatic carbocycles. The Morgan fingerprint density at radius 3 is 2.95 bits per heavy atom. The van der Waals surface area contributed by atoms with E-state index in [1.807, 2.05) is 25.1 Å². The van der Waals surface area contributed by atoms with Crippen LogP contribution in [0, 0.1) is 0 Å². The van der Waals surface area contributed by atoms with Crippen LogP contribution in [0.25, 0.3) is 17.1 Å². The number of aromatic nitrogens is 2. The first-order chi connectivity index (χ1) is 9.19. The zero-order valence-corrected chi connectivity index (χ0v) is 11.6. The van der Waals surface area contributed by atoms with Crippen LogP contribution in [0.3, 0.4) is 0 Å². The van der Waals surface area contributed by atoms with Crippen LogP contribution in [0.1, 0.15) is 12.5 Å². The van der Waals surface area contributed by atoms with Crippen LogP contribution in [0.15, 0.2) is 27.7 Å². The molecule has 1 aromatic carbocycles. The van der Waals surface area contributed by atoms with Gasteiger partial charge in [-0.3, -0.25) is 9.69 Å². The average Bonchev–Trinajstić information content (AvgIpc) is 2.95. The molecule has 0 unspecified atom stereocenters. The summed E-state index contributed by atoms with van der Waals surface area (Å²) in [5.41, 5.74) is 2.23. The Bertz CT molecular complexity index is 708. The maximum Gasteiger partial charge on any atom is 0.266 e. The van der Waals surface area contributed by atoms with Gasteiger partial charge in [-0.05, 0) is 41.0 Å². The van der Waals surface area contributed by atoms with E-state index in [2.05, 4.69) is 14.9 Å². The zero-order valence-electron chi connectivity index (χ0n) is 9.99. The lowest BCUT2D eigenvalue weighted by Crippen LogP contribution is -2.27. The molecular formula is C12H9N3O2S2. The molecule has 0 bridgehead atoms. The number of thiocarbonyl (C=S) groups is 1. The van der Waals surface area contributed by atoms with E-state index in [1.54, 1.807) is 11.0 Å². The van der Waals surface area contributed by atoms with Crippen molar-refractivity contribution in [1.29, 1.82) is 0 Å². The predicted molar refractivity (Wildman–Crippen MR) is 77.4 cm³/mol. The molecule has 2 aromatic rings. The van der Waals surface area contributed by atoms with Gasteiger partial charge in [0, 0.05) is 6.54 Å². The third-order valence-electron chi connectivity index (χ3n) is 2.77. The Morgan fingerprint density at radius 2 is 2.21 bits per heavy atom. The van der Waals surface area contributed by atoms with E-state index < -0.39 is 0 Å². The second-order valence-corrected chi connectivity index (χ2v) is 5.61. The fourth-order valence-electron chi connectivity index (χ4n) is 1.81. The molecule has 3 rings (SSSR count). The Labute approximate surface area is 118 Å². The molecule has 0 spiro atoms. The molecule has 1 amide bonds. The summed E-state index contributed by atoms with van der Waals surface area (Å²) >= 11 is 6.48. The minimum absolute atomic E-state index is 0.0455. The largest absolute Gasteiger partial charge is 0.293 e. The van der Waals surface area contributed by atoms with Crippen molar-refractivity contribution in [2.45, 2.75) is 6.92 Å². The highest BCUT2D eigenvalue weighted by Gasteiger charge is 2.30. The average molecular weight is 291 g/mol. The Kier molecular flexibility index (Phi) is 3.08. The van der Waals surface area contributed by atoms with Crippen LogP contribution in [-0.2, 0) is 4.79 Å². The number of benzene rings is 1. The molecule has 0 radical (unpaired) electrons. The van der Waals surface area contributed by atoms with Crippen molar-refractivity contribution in [2.24, 2.45) is 0 Å². The number of amides is 1. The summed E-state index contributed by atoms with van der Waals surface area (Å²) in [6.07, 6.45) is 1.81. The summed E-state index contributed by atoms with van der Waals surface area (Å²) in [7, 11) is 0. The molecule has 1 saturated heterocycles. The lowest BCUT2D eigenvalue weighted by Gasteiger charge is -2.09. The second kappa shape index (κ2) is 4.75. The van der Waals surface area contributed by atoms with E-state index in [1.165, 1.54) is 11.8 Å². The molecule has 7 heteroatoms. The van der Waals surface area contributed by atoms with E-state index in [4.69, 9.17) is 12.2 Å². The SMILES string of the molecule is CCN1C(=O)/C(=C/c2ccc3nonc3c2)SC1=S. The molecule has 1 aliphatic rings. The number of rotatable bonds is 2. The molecule has 96 valence electrons. The molecule has 1 fully saturated rings. The van der Waals surface area contributed by atoms with Gasteiger partial charge in [0.05, 0.1) is 4.91 Å². The molecule has 0 N–H and O–H groups in total. The van der Waals surface area contributed by atoms with Crippen molar-refractivity contribution in [3.8, 4) is 0 Å². The third-order valence-corrected chi connectivity index (χ3v) is 4.14. The van der Waals surface area contributed by atoms with Crippen molar-refractivity contribution in [3.05, 3.63) is 28.7 Å². The summed E-state index contributed by atoms with van der Waals surface area (Å²) in [6, 6.07) is 5.49. The molecular weight excluding hydrogens is 282 g/mol. The van der Waals surface area contributed by atoms with Crippen molar-refractivity contribution in [2.75, 3.05) is 6.54 Å². The van der Waals surface area contributed by atoms with Gasteiger partial charge >= 0.3 is 0 Å². The summed E-state index contributed by atoms with van der Waals surface area (Å²) in [6.45, 7) is 2.50. The van der Waals surface area contributed by atoms with E-state index >= 15 is 0 Å². The quantitative estimate of drug-likeness (QED) is 0.625. The first kappa shape index (κ1) is 12.3. The molecule has 1 aliphatic heterocycles. The first-order valence-corrected chi connectivity index (χ1v) is 6.89. The molecule has 2 heterocycles. The summed E-state index contributed by atoms with van der Waals surface area (Å²) in [4.78, 5) is 14.3. The smallest absolute Gasteiger partial charge is 0.266 e. The Morgan fingerprint density at radius 1 is 1.42 bits per heavy atom. The normalized spacial score (nSPS) is 17.9.